The minimum atomic E-state index is 0.537. The van der Waals surface area contributed by atoms with Crippen LogP contribution in [-0.4, -0.2) is 26.3 Å². The van der Waals surface area contributed by atoms with Gasteiger partial charge in [0.25, 0.3) is 0 Å². The molecule has 1 fully saturated rings. The molecule has 1 aliphatic heterocycles. The van der Waals surface area contributed by atoms with E-state index in [-0.39, 0.29) is 0 Å². The molecule has 0 aromatic heterocycles. The second-order valence-corrected chi connectivity index (χ2v) is 3.36. The first-order valence-corrected chi connectivity index (χ1v) is 4.05. The largest absolute Gasteiger partial charge is 0.382 e. The second kappa shape index (κ2) is 3.35. The van der Waals surface area contributed by atoms with Crippen LogP contribution in [0.3, 0.4) is 0 Å². The van der Waals surface area contributed by atoms with Crippen LogP contribution in [0.4, 0.5) is 0 Å². The van der Waals surface area contributed by atoms with Crippen molar-refractivity contribution in [3.63, 3.8) is 0 Å². The van der Waals surface area contributed by atoms with Crippen LogP contribution in [0.15, 0.2) is 0 Å². The molecular formula is C8H17NO. The summed E-state index contributed by atoms with van der Waals surface area (Å²) in [5.41, 5.74) is 0.537. The summed E-state index contributed by atoms with van der Waals surface area (Å²) in [6, 6.07) is 0. The fourth-order valence-corrected chi connectivity index (χ4v) is 1.19. The molecule has 0 saturated carbocycles. The van der Waals surface area contributed by atoms with Crippen LogP contribution in [0.2, 0.25) is 0 Å². The van der Waals surface area contributed by atoms with Crippen LogP contribution in [0.1, 0.15) is 20.3 Å². The van der Waals surface area contributed by atoms with Crippen molar-refractivity contribution in [2.24, 2.45) is 5.41 Å². The van der Waals surface area contributed by atoms with Crippen LogP contribution in [-0.2, 0) is 4.74 Å². The normalized spacial score (nSPS) is 22.2. The smallest absolute Gasteiger partial charge is 0.0472 e. The fourth-order valence-electron chi connectivity index (χ4n) is 1.19. The molecule has 1 heterocycles. The molecule has 0 amide bonds. The molecule has 1 rings (SSSR count). The molecule has 0 aromatic rings. The summed E-state index contributed by atoms with van der Waals surface area (Å²) in [5, 5.41) is 3.27. The zero-order valence-corrected chi connectivity index (χ0v) is 6.94. The van der Waals surface area contributed by atoms with Gasteiger partial charge in [-0.3, -0.25) is 0 Å². The Labute approximate surface area is 63.0 Å². The summed E-state index contributed by atoms with van der Waals surface area (Å²) in [6.45, 7) is 8.46. The van der Waals surface area contributed by atoms with Crippen molar-refractivity contribution >= 4 is 0 Å². The topological polar surface area (TPSA) is 21.3 Å². The first-order chi connectivity index (χ1) is 4.77. The maximum absolute atomic E-state index is 5.28. The van der Waals surface area contributed by atoms with Crippen LogP contribution in [0.5, 0.6) is 0 Å². The van der Waals surface area contributed by atoms with E-state index in [4.69, 9.17) is 4.74 Å². The van der Waals surface area contributed by atoms with Crippen LogP contribution in [0.25, 0.3) is 0 Å². The molecule has 0 unspecified atom stereocenters. The van der Waals surface area contributed by atoms with Crippen molar-refractivity contribution in [3.8, 4) is 0 Å². The van der Waals surface area contributed by atoms with Crippen LogP contribution < -0.4 is 5.32 Å². The van der Waals surface area contributed by atoms with Gasteiger partial charge in [0.1, 0.15) is 0 Å². The molecule has 1 saturated heterocycles. The van der Waals surface area contributed by atoms with Gasteiger partial charge in [0.15, 0.2) is 0 Å². The Balaban J connectivity index is 2.01. The van der Waals surface area contributed by atoms with E-state index in [2.05, 4.69) is 12.2 Å². The Morgan fingerprint density at radius 1 is 1.50 bits per heavy atom. The number of rotatable bonds is 4. The van der Waals surface area contributed by atoms with Crippen molar-refractivity contribution in [2.45, 2.75) is 20.3 Å². The van der Waals surface area contributed by atoms with Crippen molar-refractivity contribution in [1.29, 1.82) is 0 Å². The molecule has 0 aromatic carbocycles. The lowest BCUT2D eigenvalue weighted by atomic mass is 9.81. The maximum atomic E-state index is 5.28. The predicted octanol–water partition coefficient (Wildman–Crippen LogP) is 1.02. The molecule has 2 nitrogen and oxygen atoms in total. The van der Waals surface area contributed by atoms with Gasteiger partial charge in [-0.1, -0.05) is 6.92 Å². The Morgan fingerprint density at radius 3 is 2.60 bits per heavy atom. The molecule has 0 spiro atoms. The molecule has 0 aliphatic carbocycles. The first-order valence-electron chi connectivity index (χ1n) is 4.05. The third kappa shape index (κ3) is 1.96. The Morgan fingerprint density at radius 2 is 2.20 bits per heavy atom. The lowest BCUT2D eigenvalue weighted by Crippen LogP contribution is -2.51. The highest BCUT2D eigenvalue weighted by Gasteiger charge is 2.30. The van der Waals surface area contributed by atoms with Crippen molar-refractivity contribution in [2.75, 3.05) is 26.3 Å². The number of hydrogen-bond acceptors (Lipinski definition) is 2. The monoisotopic (exact) mass is 143 g/mol. The molecular weight excluding hydrogens is 126 g/mol. The lowest BCUT2D eigenvalue weighted by Gasteiger charge is -2.39. The molecule has 0 atom stereocenters. The summed E-state index contributed by atoms with van der Waals surface area (Å²) in [4.78, 5) is 0. The van der Waals surface area contributed by atoms with E-state index in [1.165, 1.54) is 19.5 Å². The highest BCUT2D eigenvalue weighted by molar-refractivity contribution is 4.87. The molecule has 1 N–H and O–H groups in total. The van der Waals surface area contributed by atoms with Gasteiger partial charge in [-0.2, -0.15) is 0 Å². The molecule has 0 bridgehead atoms. The minimum absolute atomic E-state index is 0.537. The number of nitrogens with one attached hydrogen (secondary N) is 1. The number of ether oxygens (including phenoxy) is 1. The fraction of sp³-hybridized carbons (Fsp3) is 1.00. The van der Waals surface area contributed by atoms with Gasteiger partial charge in [0.2, 0.25) is 0 Å². The standard InChI is InChI=1S/C8H17NO/c1-3-10-5-4-8(2)6-9-7-8/h9H,3-7H2,1-2H3. The van der Waals surface area contributed by atoms with Crippen molar-refractivity contribution < 1.29 is 4.74 Å². The summed E-state index contributed by atoms with van der Waals surface area (Å²) in [7, 11) is 0. The van der Waals surface area contributed by atoms with E-state index in [9.17, 15) is 0 Å². The van der Waals surface area contributed by atoms with Gasteiger partial charge < -0.3 is 10.1 Å². The summed E-state index contributed by atoms with van der Waals surface area (Å²) < 4.78 is 5.28. The molecule has 0 radical (unpaired) electrons. The highest BCUT2D eigenvalue weighted by atomic mass is 16.5. The minimum Gasteiger partial charge on any atom is -0.382 e. The first kappa shape index (κ1) is 8.02. The van der Waals surface area contributed by atoms with E-state index >= 15 is 0 Å². The van der Waals surface area contributed by atoms with Gasteiger partial charge in [-0.25, -0.2) is 0 Å². The van der Waals surface area contributed by atoms with Crippen LogP contribution in [0, 0.1) is 5.41 Å². The summed E-state index contributed by atoms with van der Waals surface area (Å²) in [5.74, 6) is 0. The molecule has 1 aliphatic rings. The Bertz CT molecular complexity index is 99.4. The van der Waals surface area contributed by atoms with Gasteiger partial charge in [-0.05, 0) is 18.8 Å². The number of hydrogen-bond donors (Lipinski definition) is 1. The predicted molar refractivity (Wildman–Crippen MR) is 42.1 cm³/mol. The Hall–Kier alpha value is -0.0800. The third-order valence-corrected chi connectivity index (χ3v) is 2.16. The maximum Gasteiger partial charge on any atom is 0.0472 e. The van der Waals surface area contributed by atoms with Gasteiger partial charge in [0.05, 0.1) is 0 Å². The highest BCUT2D eigenvalue weighted by Crippen LogP contribution is 2.25. The second-order valence-electron chi connectivity index (χ2n) is 3.36. The Kier molecular flexibility index (Phi) is 2.69. The van der Waals surface area contributed by atoms with E-state index in [0.29, 0.717) is 5.41 Å². The zero-order chi connectivity index (χ0) is 7.45. The SMILES string of the molecule is CCOCCC1(C)CNC1. The molecule has 60 valence electrons. The van der Waals surface area contributed by atoms with Crippen molar-refractivity contribution in [1.82, 2.24) is 5.32 Å². The zero-order valence-electron chi connectivity index (χ0n) is 6.94. The third-order valence-electron chi connectivity index (χ3n) is 2.16. The average Bonchev–Trinajstić information content (AvgIpc) is 1.85. The van der Waals surface area contributed by atoms with Gasteiger partial charge in [0, 0.05) is 26.3 Å². The summed E-state index contributed by atoms with van der Waals surface area (Å²) >= 11 is 0. The van der Waals surface area contributed by atoms with Gasteiger partial charge >= 0.3 is 0 Å². The van der Waals surface area contributed by atoms with Crippen LogP contribution >= 0.6 is 0 Å². The van der Waals surface area contributed by atoms with E-state index in [1.54, 1.807) is 0 Å². The summed E-state index contributed by atoms with van der Waals surface area (Å²) in [6.07, 6.45) is 1.20. The van der Waals surface area contributed by atoms with E-state index < -0.39 is 0 Å². The lowest BCUT2D eigenvalue weighted by molar-refractivity contribution is 0.0827. The quantitative estimate of drug-likeness (QED) is 0.593. The van der Waals surface area contributed by atoms with Gasteiger partial charge in [-0.15, -0.1) is 0 Å². The van der Waals surface area contributed by atoms with E-state index in [0.717, 1.165) is 13.2 Å². The average molecular weight is 143 g/mol. The molecule has 2 heteroatoms. The molecule has 10 heavy (non-hydrogen) atoms. The van der Waals surface area contributed by atoms with Crippen molar-refractivity contribution in [3.05, 3.63) is 0 Å². The van der Waals surface area contributed by atoms with E-state index in [1.807, 2.05) is 6.92 Å².